The number of ether oxygens (including phenoxy) is 1. The molecule has 0 radical (unpaired) electrons. The Morgan fingerprint density at radius 2 is 2.05 bits per heavy atom. The third-order valence-corrected chi connectivity index (χ3v) is 2.79. The number of nitrogen functional groups attached to an aromatic ring is 1. The van der Waals surface area contributed by atoms with Crippen molar-refractivity contribution < 1.29 is 18.7 Å². The number of esters is 1. The molecule has 1 amide bonds. The van der Waals surface area contributed by atoms with Gasteiger partial charge in [0.1, 0.15) is 5.82 Å². The Morgan fingerprint density at radius 3 is 2.62 bits per heavy atom. The Kier molecular flexibility index (Phi) is 5.95. The summed E-state index contributed by atoms with van der Waals surface area (Å²) in [5.74, 6) is -1.27. The zero-order chi connectivity index (χ0) is 16.0. The standard InChI is InChI=1S/C14H20FN3O3/c1-4-21-14(20)9-7-12(10(15)8-11(9)16)17-6-5-13(19)18(2)3/h7-8,17H,4-6,16H2,1-3H3. The Bertz CT molecular complexity index is 532. The molecule has 0 fully saturated rings. The van der Waals surface area contributed by atoms with Crippen LogP contribution in [0.4, 0.5) is 15.8 Å². The monoisotopic (exact) mass is 297 g/mol. The van der Waals surface area contributed by atoms with E-state index in [1.807, 2.05) is 0 Å². The van der Waals surface area contributed by atoms with Crippen LogP contribution in [0.3, 0.4) is 0 Å². The van der Waals surface area contributed by atoms with E-state index in [0.717, 1.165) is 6.07 Å². The number of benzene rings is 1. The molecule has 116 valence electrons. The van der Waals surface area contributed by atoms with Gasteiger partial charge in [-0.2, -0.15) is 0 Å². The first kappa shape index (κ1) is 16.7. The van der Waals surface area contributed by atoms with Gasteiger partial charge in [-0.05, 0) is 19.1 Å². The number of amides is 1. The molecular weight excluding hydrogens is 277 g/mol. The number of halogens is 1. The van der Waals surface area contributed by atoms with Gasteiger partial charge in [-0.25, -0.2) is 9.18 Å². The molecule has 0 atom stereocenters. The molecular formula is C14H20FN3O3. The van der Waals surface area contributed by atoms with E-state index in [0.29, 0.717) is 0 Å². The van der Waals surface area contributed by atoms with Crippen molar-refractivity contribution in [3.63, 3.8) is 0 Å². The highest BCUT2D eigenvalue weighted by Gasteiger charge is 2.15. The maximum absolute atomic E-state index is 13.8. The molecule has 0 aromatic heterocycles. The summed E-state index contributed by atoms with van der Waals surface area (Å²) in [6.07, 6.45) is 0.214. The first-order chi connectivity index (χ1) is 9.86. The highest BCUT2D eigenvalue weighted by Crippen LogP contribution is 2.23. The molecule has 1 aromatic carbocycles. The van der Waals surface area contributed by atoms with Crippen LogP contribution in [-0.2, 0) is 9.53 Å². The summed E-state index contributed by atoms with van der Waals surface area (Å²) < 4.78 is 18.6. The van der Waals surface area contributed by atoms with E-state index in [1.165, 1.54) is 11.0 Å². The Labute approximate surface area is 123 Å². The zero-order valence-corrected chi connectivity index (χ0v) is 12.4. The lowest BCUT2D eigenvalue weighted by atomic mass is 10.1. The largest absolute Gasteiger partial charge is 0.462 e. The highest BCUT2D eigenvalue weighted by molar-refractivity contribution is 5.96. The van der Waals surface area contributed by atoms with Gasteiger partial charge in [0.15, 0.2) is 0 Å². The van der Waals surface area contributed by atoms with Crippen molar-refractivity contribution in [1.29, 1.82) is 0 Å². The lowest BCUT2D eigenvalue weighted by Gasteiger charge is -2.13. The van der Waals surface area contributed by atoms with Crippen LogP contribution in [0.25, 0.3) is 0 Å². The van der Waals surface area contributed by atoms with Gasteiger partial charge in [-0.1, -0.05) is 0 Å². The first-order valence-electron chi connectivity index (χ1n) is 6.57. The molecule has 1 aromatic rings. The summed E-state index contributed by atoms with van der Waals surface area (Å²) in [6, 6.07) is 2.35. The second-order valence-electron chi connectivity index (χ2n) is 4.60. The average molecular weight is 297 g/mol. The van der Waals surface area contributed by atoms with E-state index in [1.54, 1.807) is 21.0 Å². The molecule has 0 aliphatic carbocycles. The molecule has 6 nitrogen and oxygen atoms in total. The molecule has 0 heterocycles. The topological polar surface area (TPSA) is 84.7 Å². The minimum absolute atomic E-state index is 0.0147. The number of carbonyl (C=O) groups is 2. The van der Waals surface area contributed by atoms with Crippen molar-refractivity contribution in [2.24, 2.45) is 0 Å². The van der Waals surface area contributed by atoms with Gasteiger partial charge in [0, 0.05) is 32.7 Å². The predicted octanol–water partition coefficient (Wildman–Crippen LogP) is 1.47. The number of rotatable bonds is 6. The Hall–Kier alpha value is -2.31. The van der Waals surface area contributed by atoms with Crippen LogP contribution in [0.2, 0.25) is 0 Å². The molecule has 3 N–H and O–H groups in total. The minimum atomic E-state index is -0.609. The molecule has 0 bridgehead atoms. The Balaban J connectivity index is 2.80. The van der Waals surface area contributed by atoms with Crippen LogP contribution in [-0.4, -0.2) is 44.0 Å². The first-order valence-corrected chi connectivity index (χ1v) is 6.57. The lowest BCUT2D eigenvalue weighted by molar-refractivity contribution is -0.128. The summed E-state index contributed by atoms with van der Waals surface area (Å²) >= 11 is 0. The summed E-state index contributed by atoms with van der Waals surface area (Å²) in [5.41, 5.74) is 5.83. The minimum Gasteiger partial charge on any atom is -0.462 e. The fourth-order valence-corrected chi connectivity index (χ4v) is 1.64. The van der Waals surface area contributed by atoms with E-state index in [2.05, 4.69) is 5.32 Å². The van der Waals surface area contributed by atoms with Crippen LogP contribution < -0.4 is 11.1 Å². The quantitative estimate of drug-likeness (QED) is 0.613. The van der Waals surface area contributed by atoms with E-state index in [9.17, 15) is 14.0 Å². The van der Waals surface area contributed by atoms with Gasteiger partial charge in [0.05, 0.1) is 17.9 Å². The van der Waals surface area contributed by atoms with Crippen molar-refractivity contribution in [1.82, 2.24) is 4.90 Å². The van der Waals surface area contributed by atoms with Gasteiger partial charge in [-0.15, -0.1) is 0 Å². The number of carbonyl (C=O) groups excluding carboxylic acids is 2. The second kappa shape index (κ2) is 7.47. The van der Waals surface area contributed by atoms with Crippen molar-refractivity contribution in [3.8, 4) is 0 Å². The summed E-state index contributed by atoms with van der Waals surface area (Å²) in [6.45, 7) is 2.12. The van der Waals surface area contributed by atoms with Crippen molar-refractivity contribution in [3.05, 3.63) is 23.5 Å². The average Bonchev–Trinajstić information content (AvgIpc) is 2.40. The van der Waals surface area contributed by atoms with Crippen molar-refractivity contribution >= 4 is 23.3 Å². The number of nitrogens with two attached hydrogens (primary N) is 1. The molecule has 7 heteroatoms. The van der Waals surface area contributed by atoms with Gasteiger partial charge in [-0.3, -0.25) is 4.79 Å². The third kappa shape index (κ3) is 4.62. The van der Waals surface area contributed by atoms with Crippen LogP contribution in [0.1, 0.15) is 23.7 Å². The fourth-order valence-electron chi connectivity index (χ4n) is 1.64. The Morgan fingerprint density at radius 1 is 1.38 bits per heavy atom. The molecule has 0 aliphatic heterocycles. The normalized spacial score (nSPS) is 10.1. The molecule has 1 rings (SSSR count). The van der Waals surface area contributed by atoms with Crippen LogP contribution in [0.15, 0.2) is 12.1 Å². The number of anilines is 2. The molecule has 0 saturated heterocycles. The summed E-state index contributed by atoms with van der Waals surface area (Å²) in [7, 11) is 3.29. The number of hydrogen-bond acceptors (Lipinski definition) is 5. The fraction of sp³-hybridized carbons (Fsp3) is 0.429. The maximum Gasteiger partial charge on any atom is 0.340 e. The van der Waals surface area contributed by atoms with Crippen LogP contribution in [0.5, 0.6) is 0 Å². The number of hydrogen-bond donors (Lipinski definition) is 2. The van der Waals surface area contributed by atoms with E-state index >= 15 is 0 Å². The number of nitrogens with zero attached hydrogens (tertiary/aromatic N) is 1. The molecule has 0 unspecified atom stereocenters. The van der Waals surface area contributed by atoms with Crippen molar-refractivity contribution in [2.75, 3.05) is 38.3 Å². The summed E-state index contributed by atoms with van der Waals surface area (Å²) in [4.78, 5) is 24.6. The van der Waals surface area contributed by atoms with Crippen molar-refractivity contribution in [2.45, 2.75) is 13.3 Å². The van der Waals surface area contributed by atoms with Crippen LogP contribution >= 0.6 is 0 Å². The molecule has 21 heavy (non-hydrogen) atoms. The van der Waals surface area contributed by atoms with Gasteiger partial charge < -0.3 is 20.7 Å². The van der Waals surface area contributed by atoms with Gasteiger partial charge in [0.25, 0.3) is 0 Å². The van der Waals surface area contributed by atoms with E-state index in [4.69, 9.17) is 10.5 Å². The third-order valence-electron chi connectivity index (χ3n) is 2.79. The van der Waals surface area contributed by atoms with E-state index < -0.39 is 11.8 Å². The predicted molar refractivity (Wildman–Crippen MR) is 78.6 cm³/mol. The highest BCUT2D eigenvalue weighted by atomic mass is 19.1. The van der Waals surface area contributed by atoms with Gasteiger partial charge in [0.2, 0.25) is 5.91 Å². The lowest BCUT2D eigenvalue weighted by Crippen LogP contribution is -2.24. The van der Waals surface area contributed by atoms with E-state index in [-0.39, 0.29) is 42.4 Å². The molecule has 0 aliphatic rings. The number of nitrogens with one attached hydrogen (secondary N) is 1. The SMILES string of the molecule is CCOC(=O)c1cc(NCCC(=O)N(C)C)c(F)cc1N. The zero-order valence-electron chi connectivity index (χ0n) is 12.4. The molecule has 0 spiro atoms. The van der Waals surface area contributed by atoms with Gasteiger partial charge >= 0.3 is 5.97 Å². The molecule has 0 saturated carbocycles. The second-order valence-corrected chi connectivity index (χ2v) is 4.60. The maximum atomic E-state index is 13.8. The smallest absolute Gasteiger partial charge is 0.340 e. The summed E-state index contributed by atoms with van der Waals surface area (Å²) in [5, 5.41) is 2.78. The van der Waals surface area contributed by atoms with Crippen LogP contribution in [0, 0.1) is 5.82 Å².